The molecule has 34 heavy (non-hydrogen) atoms. The molecule has 1 aliphatic heterocycles. The average molecular weight is 501 g/mol. The topological polar surface area (TPSA) is 59.8 Å². The second-order valence-corrected chi connectivity index (χ2v) is 9.25. The van der Waals surface area contributed by atoms with Gasteiger partial charge in [-0.15, -0.1) is 23.7 Å². The van der Waals surface area contributed by atoms with Gasteiger partial charge in [0.15, 0.2) is 0 Å². The maximum absolute atomic E-state index is 13.6. The Morgan fingerprint density at radius 1 is 1.06 bits per heavy atom. The molecule has 0 spiro atoms. The molecule has 4 aromatic rings. The van der Waals surface area contributed by atoms with Crippen LogP contribution in [0.1, 0.15) is 29.2 Å². The van der Waals surface area contributed by atoms with Crippen LogP contribution in [0.3, 0.4) is 0 Å². The van der Waals surface area contributed by atoms with Crippen molar-refractivity contribution < 1.29 is 8.78 Å². The van der Waals surface area contributed by atoms with Crippen molar-refractivity contribution in [2.45, 2.75) is 25.3 Å². The third-order valence-electron chi connectivity index (χ3n) is 5.75. The molecule has 1 saturated heterocycles. The van der Waals surface area contributed by atoms with Crippen LogP contribution in [0, 0.1) is 11.6 Å². The summed E-state index contributed by atoms with van der Waals surface area (Å²) in [5, 5.41) is 8.73. The smallest absolute Gasteiger partial charge is 0.267 e. The highest BCUT2D eigenvalue weighted by atomic mass is 35.5. The standard InChI is InChI=1S/C25H22F2N4OS.ClH/c26-20-10-19(11-21(27)12-20)22-6-7-24(32)31(30-22)15-16-3-1-4-17(9-16)25-29-14-23(33-25)18-5-2-8-28-13-18;/h1,3-4,6-7,9-12,14,18,28H,2,5,8,13,15H2;1H. The van der Waals surface area contributed by atoms with Gasteiger partial charge in [-0.3, -0.25) is 4.79 Å². The van der Waals surface area contributed by atoms with Gasteiger partial charge in [0, 0.05) is 46.8 Å². The molecule has 1 atom stereocenters. The van der Waals surface area contributed by atoms with Gasteiger partial charge in [-0.2, -0.15) is 5.10 Å². The molecule has 1 fully saturated rings. The second kappa shape index (κ2) is 10.5. The number of benzene rings is 2. The third kappa shape index (κ3) is 5.41. The molecule has 1 aliphatic rings. The summed E-state index contributed by atoms with van der Waals surface area (Å²) in [6.45, 7) is 2.30. The Balaban J connectivity index is 0.00000274. The highest BCUT2D eigenvalue weighted by Crippen LogP contribution is 2.33. The largest absolute Gasteiger partial charge is 0.316 e. The summed E-state index contributed by atoms with van der Waals surface area (Å²) < 4.78 is 28.5. The summed E-state index contributed by atoms with van der Waals surface area (Å²) in [4.78, 5) is 18.3. The van der Waals surface area contributed by atoms with Gasteiger partial charge in [0.25, 0.3) is 5.56 Å². The Kier molecular flexibility index (Phi) is 7.50. The summed E-state index contributed by atoms with van der Waals surface area (Å²) in [5.41, 5.74) is 2.20. The molecule has 1 unspecified atom stereocenters. The fourth-order valence-corrected chi connectivity index (χ4v) is 5.14. The van der Waals surface area contributed by atoms with E-state index in [-0.39, 0.29) is 30.1 Å². The van der Waals surface area contributed by atoms with E-state index in [1.807, 2.05) is 30.5 Å². The molecule has 2 aromatic carbocycles. The number of hydrogen-bond acceptors (Lipinski definition) is 5. The first-order chi connectivity index (χ1) is 16.0. The lowest BCUT2D eigenvalue weighted by molar-refractivity contribution is 0.466. The van der Waals surface area contributed by atoms with Crippen LogP contribution in [0.5, 0.6) is 0 Å². The van der Waals surface area contributed by atoms with Gasteiger partial charge in [-0.05, 0) is 49.2 Å². The van der Waals surface area contributed by atoms with Crippen molar-refractivity contribution in [1.29, 1.82) is 0 Å². The first kappa shape index (κ1) is 24.2. The van der Waals surface area contributed by atoms with Gasteiger partial charge in [-0.25, -0.2) is 18.4 Å². The summed E-state index contributed by atoms with van der Waals surface area (Å²) >= 11 is 1.71. The number of halogens is 3. The lowest BCUT2D eigenvalue weighted by Gasteiger charge is -2.20. The van der Waals surface area contributed by atoms with Crippen molar-refractivity contribution in [2.75, 3.05) is 13.1 Å². The zero-order chi connectivity index (χ0) is 22.8. The molecular weight excluding hydrogens is 478 g/mol. The van der Waals surface area contributed by atoms with Crippen LogP contribution in [0.4, 0.5) is 8.78 Å². The van der Waals surface area contributed by atoms with Gasteiger partial charge >= 0.3 is 0 Å². The second-order valence-electron chi connectivity index (χ2n) is 8.18. The zero-order valence-corrected chi connectivity index (χ0v) is 19.8. The van der Waals surface area contributed by atoms with Crippen molar-refractivity contribution >= 4 is 23.7 Å². The van der Waals surface area contributed by atoms with Crippen LogP contribution in [-0.4, -0.2) is 27.9 Å². The van der Waals surface area contributed by atoms with Crippen LogP contribution >= 0.6 is 23.7 Å². The molecule has 176 valence electrons. The maximum Gasteiger partial charge on any atom is 0.267 e. The maximum atomic E-state index is 13.6. The minimum atomic E-state index is -0.691. The molecule has 9 heteroatoms. The van der Waals surface area contributed by atoms with E-state index in [4.69, 9.17) is 0 Å². The van der Waals surface area contributed by atoms with E-state index in [0.29, 0.717) is 11.6 Å². The van der Waals surface area contributed by atoms with Crippen molar-refractivity contribution in [2.24, 2.45) is 0 Å². The SMILES string of the molecule is Cl.O=c1ccc(-c2cc(F)cc(F)c2)nn1Cc1cccc(-c2ncc(C3CCCNC3)s2)c1. The summed E-state index contributed by atoms with van der Waals surface area (Å²) in [5.74, 6) is -0.875. The molecule has 2 aromatic heterocycles. The van der Waals surface area contributed by atoms with Crippen molar-refractivity contribution in [1.82, 2.24) is 20.1 Å². The molecule has 5 rings (SSSR count). The van der Waals surface area contributed by atoms with E-state index < -0.39 is 11.6 Å². The fourth-order valence-electron chi connectivity index (χ4n) is 4.10. The number of rotatable bonds is 5. The Morgan fingerprint density at radius 2 is 1.88 bits per heavy atom. The summed E-state index contributed by atoms with van der Waals surface area (Å²) in [7, 11) is 0. The number of hydrogen-bond donors (Lipinski definition) is 1. The zero-order valence-electron chi connectivity index (χ0n) is 18.2. The van der Waals surface area contributed by atoms with E-state index in [0.717, 1.165) is 35.3 Å². The molecular formula is C25H23ClF2N4OS. The Morgan fingerprint density at radius 3 is 2.65 bits per heavy atom. The fraction of sp³-hybridized carbons (Fsp3) is 0.240. The summed E-state index contributed by atoms with van der Waals surface area (Å²) in [6.07, 6.45) is 4.32. The average Bonchev–Trinajstić information content (AvgIpc) is 3.31. The molecule has 0 saturated carbocycles. The number of thiazole rings is 1. The van der Waals surface area contributed by atoms with Crippen LogP contribution in [0.2, 0.25) is 0 Å². The lowest BCUT2D eigenvalue weighted by Crippen LogP contribution is -2.27. The molecule has 0 amide bonds. The number of nitrogens with zero attached hydrogens (tertiary/aromatic N) is 3. The highest BCUT2D eigenvalue weighted by Gasteiger charge is 2.18. The molecule has 0 radical (unpaired) electrons. The van der Waals surface area contributed by atoms with Gasteiger partial charge in [0.2, 0.25) is 0 Å². The van der Waals surface area contributed by atoms with Gasteiger partial charge in [0.1, 0.15) is 16.6 Å². The predicted octanol–water partition coefficient (Wildman–Crippen LogP) is 5.25. The number of piperidine rings is 1. The highest BCUT2D eigenvalue weighted by molar-refractivity contribution is 7.15. The number of aromatic nitrogens is 3. The van der Waals surface area contributed by atoms with Crippen LogP contribution in [0.25, 0.3) is 21.8 Å². The van der Waals surface area contributed by atoms with E-state index in [1.54, 1.807) is 11.3 Å². The first-order valence-electron chi connectivity index (χ1n) is 10.9. The predicted molar refractivity (Wildman–Crippen MR) is 133 cm³/mol. The van der Waals surface area contributed by atoms with Gasteiger partial charge in [-0.1, -0.05) is 18.2 Å². The van der Waals surface area contributed by atoms with Crippen LogP contribution < -0.4 is 10.9 Å². The Hall–Kier alpha value is -2.94. The molecule has 3 heterocycles. The van der Waals surface area contributed by atoms with Gasteiger partial charge in [0.05, 0.1) is 12.2 Å². The van der Waals surface area contributed by atoms with Crippen molar-refractivity contribution in [3.8, 4) is 21.8 Å². The Labute approximate surface area is 205 Å². The number of nitrogens with one attached hydrogen (secondary N) is 1. The van der Waals surface area contributed by atoms with E-state index in [9.17, 15) is 13.6 Å². The quantitative estimate of drug-likeness (QED) is 0.406. The van der Waals surface area contributed by atoms with E-state index >= 15 is 0 Å². The van der Waals surface area contributed by atoms with E-state index in [1.165, 1.54) is 46.7 Å². The van der Waals surface area contributed by atoms with E-state index in [2.05, 4.69) is 15.4 Å². The molecule has 0 bridgehead atoms. The van der Waals surface area contributed by atoms with Crippen molar-refractivity contribution in [3.63, 3.8) is 0 Å². The molecule has 1 N–H and O–H groups in total. The third-order valence-corrected chi connectivity index (χ3v) is 6.96. The minimum absolute atomic E-state index is 0. The molecule has 5 nitrogen and oxygen atoms in total. The lowest BCUT2D eigenvalue weighted by atomic mass is 9.99. The van der Waals surface area contributed by atoms with Crippen LogP contribution in [0.15, 0.2) is 65.6 Å². The van der Waals surface area contributed by atoms with Crippen molar-refractivity contribution in [3.05, 3.63) is 93.2 Å². The first-order valence-corrected chi connectivity index (χ1v) is 11.7. The monoisotopic (exact) mass is 500 g/mol. The molecule has 0 aliphatic carbocycles. The normalized spacial score (nSPS) is 15.6. The van der Waals surface area contributed by atoms with Gasteiger partial charge < -0.3 is 5.32 Å². The van der Waals surface area contributed by atoms with Crippen LogP contribution in [-0.2, 0) is 6.54 Å². The minimum Gasteiger partial charge on any atom is -0.316 e. The Bertz CT molecular complexity index is 1330. The summed E-state index contributed by atoms with van der Waals surface area (Å²) in [6, 6.07) is 13.9.